The lowest BCUT2D eigenvalue weighted by Crippen LogP contribution is -2.18. The maximum Gasteiger partial charge on any atom is 0.311 e. The molecule has 1 aromatic rings. The van der Waals surface area contributed by atoms with Crippen LogP contribution in [0, 0.1) is 10.1 Å². The number of benzene rings is 1. The molecule has 0 aliphatic rings. The van der Waals surface area contributed by atoms with E-state index in [1.54, 1.807) is 0 Å². The number of hydrogen-bond donors (Lipinski definition) is 0. The summed E-state index contributed by atoms with van der Waals surface area (Å²) in [6.07, 6.45) is 2.01. The van der Waals surface area contributed by atoms with Crippen LogP contribution in [0.4, 0.5) is 5.69 Å². The van der Waals surface area contributed by atoms with Crippen LogP contribution < -0.4 is 9.84 Å². The predicted octanol–water partition coefficient (Wildman–Crippen LogP) is 0.366. The number of carboxylic acids is 1. The van der Waals surface area contributed by atoms with Crippen molar-refractivity contribution in [2.75, 3.05) is 7.11 Å². The molecule has 0 bridgehead atoms. The highest BCUT2D eigenvalue weighted by Crippen LogP contribution is 2.27. The minimum Gasteiger partial charge on any atom is -0.545 e. The second-order valence-electron chi connectivity index (χ2n) is 2.84. The Bertz CT molecular complexity index is 453. The van der Waals surface area contributed by atoms with Crippen molar-refractivity contribution in [2.45, 2.75) is 0 Å². The van der Waals surface area contributed by atoms with E-state index < -0.39 is 10.9 Å². The Morgan fingerprint density at radius 3 is 2.69 bits per heavy atom. The second-order valence-corrected chi connectivity index (χ2v) is 2.84. The van der Waals surface area contributed by atoms with Crippen molar-refractivity contribution in [2.24, 2.45) is 0 Å². The van der Waals surface area contributed by atoms with Crippen molar-refractivity contribution in [3.8, 4) is 5.75 Å². The molecule has 0 saturated carbocycles. The van der Waals surface area contributed by atoms with Crippen molar-refractivity contribution in [1.82, 2.24) is 0 Å². The molecule has 0 unspecified atom stereocenters. The predicted molar refractivity (Wildman–Crippen MR) is 53.7 cm³/mol. The molecule has 0 aromatic heterocycles. The Morgan fingerprint density at radius 2 is 2.19 bits per heavy atom. The summed E-state index contributed by atoms with van der Waals surface area (Å²) in [5, 5.41) is 20.8. The summed E-state index contributed by atoms with van der Waals surface area (Å²) in [5.74, 6) is -1.24. The van der Waals surface area contributed by atoms with Gasteiger partial charge < -0.3 is 14.6 Å². The zero-order chi connectivity index (χ0) is 12.1. The van der Waals surface area contributed by atoms with E-state index in [0.29, 0.717) is 5.56 Å². The number of nitro groups is 1. The van der Waals surface area contributed by atoms with Gasteiger partial charge in [-0.25, -0.2) is 0 Å². The Kier molecular flexibility index (Phi) is 3.60. The molecule has 0 fully saturated rings. The molecule has 84 valence electrons. The quantitative estimate of drug-likeness (QED) is 0.416. The maximum atomic E-state index is 10.6. The number of methoxy groups -OCH3 is 1. The van der Waals surface area contributed by atoms with Crippen molar-refractivity contribution in [1.29, 1.82) is 0 Å². The third kappa shape index (κ3) is 2.81. The largest absolute Gasteiger partial charge is 0.545 e. The normalized spacial score (nSPS) is 10.3. The number of carbonyl (C=O) groups excluding carboxylic acids is 1. The third-order valence-corrected chi connectivity index (χ3v) is 1.81. The molecule has 0 aliphatic carbocycles. The maximum absolute atomic E-state index is 10.6. The van der Waals surface area contributed by atoms with Gasteiger partial charge in [0.15, 0.2) is 5.75 Å². The Labute approximate surface area is 90.9 Å². The smallest absolute Gasteiger partial charge is 0.311 e. The molecule has 6 nitrogen and oxygen atoms in total. The molecule has 6 heteroatoms. The molecule has 0 aliphatic heterocycles. The van der Waals surface area contributed by atoms with E-state index in [2.05, 4.69) is 0 Å². The fourth-order valence-corrected chi connectivity index (χ4v) is 1.12. The highest BCUT2D eigenvalue weighted by Gasteiger charge is 2.13. The second kappa shape index (κ2) is 4.92. The van der Waals surface area contributed by atoms with E-state index in [1.165, 1.54) is 31.4 Å². The highest BCUT2D eigenvalue weighted by molar-refractivity contribution is 5.83. The number of nitrogens with zero attached hydrogens (tertiary/aromatic N) is 1. The van der Waals surface area contributed by atoms with Gasteiger partial charge in [-0.3, -0.25) is 10.1 Å². The lowest BCUT2D eigenvalue weighted by molar-refractivity contribution is -0.385. The van der Waals surface area contributed by atoms with Gasteiger partial charge in [0.25, 0.3) is 0 Å². The van der Waals surface area contributed by atoms with Crippen LogP contribution in [0.15, 0.2) is 24.3 Å². The molecular formula is C10H8NO5-. The first-order chi connectivity index (χ1) is 7.54. The summed E-state index contributed by atoms with van der Waals surface area (Å²) in [7, 11) is 1.32. The first-order valence-electron chi connectivity index (χ1n) is 4.26. The van der Waals surface area contributed by atoms with Gasteiger partial charge in [-0.1, -0.05) is 12.1 Å². The number of aliphatic carboxylic acids is 1. The van der Waals surface area contributed by atoms with Crippen LogP contribution in [0.25, 0.3) is 6.08 Å². The van der Waals surface area contributed by atoms with Crippen LogP contribution in [0.2, 0.25) is 0 Å². The van der Waals surface area contributed by atoms with Gasteiger partial charge in [0, 0.05) is 6.07 Å². The Balaban J connectivity index is 3.12. The monoisotopic (exact) mass is 222 g/mol. The summed E-state index contributed by atoms with van der Waals surface area (Å²) < 4.78 is 4.79. The van der Waals surface area contributed by atoms with Gasteiger partial charge in [0.05, 0.1) is 18.0 Å². The molecular weight excluding hydrogens is 214 g/mol. The number of carbonyl (C=O) groups is 1. The van der Waals surface area contributed by atoms with E-state index in [0.717, 1.165) is 6.08 Å². The molecule has 0 atom stereocenters. The molecule has 0 heterocycles. The van der Waals surface area contributed by atoms with E-state index in [1.807, 2.05) is 0 Å². The summed E-state index contributed by atoms with van der Waals surface area (Å²) in [5.41, 5.74) is 0.166. The lowest BCUT2D eigenvalue weighted by atomic mass is 10.1. The Hall–Kier alpha value is -2.37. The summed E-state index contributed by atoms with van der Waals surface area (Å²) in [4.78, 5) is 20.2. The number of hydrogen-bond acceptors (Lipinski definition) is 5. The first kappa shape index (κ1) is 11.7. The molecule has 16 heavy (non-hydrogen) atoms. The van der Waals surface area contributed by atoms with Gasteiger partial charge in [0.1, 0.15) is 0 Å². The van der Waals surface area contributed by atoms with Gasteiger partial charge in [-0.05, 0) is 17.7 Å². The zero-order valence-corrected chi connectivity index (χ0v) is 8.38. The molecule has 0 spiro atoms. The van der Waals surface area contributed by atoms with E-state index >= 15 is 0 Å². The fourth-order valence-electron chi connectivity index (χ4n) is 1.12. The topological polar surface area (TPSA) is 92.5 Å². The average Bonchev–Trinajstić information content (AvgIpc) is 2.25. The minimum atomic E-state index is -1.36. The Morgan fingerprint density at radius 1 is 1.50 bits per heavy atom. The summed E-state index contributed by atoms with van der Waals surface area (Å²) in [6, 6.07) is 4.12. The van der Waals surface area contributed by atoms with Crippen LogP contribution in [0.3, 0.4) is 0 Å². The molecule has 0 N–H and O–H groups in total. The summed E-state index contributed by atoms with van der Waals surface area (Å²) >= 11 is 0. The van der Waals surface area contributed by atoms with Crippen LogP contribution in [0.5, 0.6) is 5.75 Å². The average molecular weight is 222 g/mol. The number of nitro benzene ring substituents is 1. The third-order valence-electron chi connectivity index (χ3n) is 1.81. The number of ether oxygens (including phenoxy) is 1. The van der Waals surface area contributed by atoms with Crippen molar-refractivity contribution in [3.63, 3.8) is 0 Å². The van der Waals surface area contributed by atoms with Crippen LogP contribution in [0.1, 0.15) is 5.56 Å². The molecule has 1 aromatic carbocycles. The molecule has 0 amide bonds. The van der Waals surface area contributed by atoms with Crippen LogP contribution in [-0.4, -0.2) is 18.0 Å². The van der Waals surface area contributed by atoms with Gasteiger partial charge in [-0.2, -0.15) is 0 Å². The first-order valence-corrected chi connectivity index (χ1v) is 4.26. The minimum absolute atomic E-state index is 0.121. The number of rotatable bonds is 4. The summed E-state index contributed by atoms with van der Waals surface area (Å²) in [6.45, 7) is 0. The van der Waals surface area contributed by atoms with Crippen LogP contribution in [-0.2, 0) is 4.79 Å². The molecule has 0 saturated heterocycles. The highest BCUT2D eigenvalue weighted by atomic mass is 16.6. The van der Waals surface area contributed by atoms with Gasteiger partial charge in [0.2, 0.25) is 0 Å². The SMILES string of the molecule is COc1ccc(/C=C/C(=O)[O-])cc1[N+](=O)[O-]. The molecule has 1 rings (SSSR count). The van der Waals surface area contributed by atoms with Crippen molar-refractivity contribution < 1.29 is 19.6 Å². The lowest BCUT2D eigenvalue weighted by Gasteiger charge is -2.02. The zero-order valence-electron chi connectivity index (χ0n) is 8.38. The number of carboxylic acid groups (broad SMARTS) is 1. The van der Waals surface area contributed by atoms with E-state index in [-0.39, 0.29) is 11.4 Å². The van der Waals surface area contributed by atoms with E-state index in [9.17, 15) is 20.0 Å². The van der Waals surface area contributed by atoms with Crippen LogP contribution >= 0.6 is 0 Å². The fraction of sp³-hybridized carbons (Fsp3) is 0.100. The van der Waals surface area contributed by atoms with Gasteiger partial charge >= 0.3 is 5.69 Å². The van der Waals surface area contributed by atoms with Crippen molar-refractivity contribution in [3.05, 3.63) is 40.0 Å². The van der Waals surface area contributed by atoms with Gasteiger partial charge in [-0.15, -0.1) is 0 Å². The standard InChI is InChI=1S/C10H9NO5/c1-16-9-4-2-7(3-5-10(12)13)6-8(9)11(14)15/h2-6H,1H3,(H,12,13)/p-1/b5-3+. The van der Waals surface area contributed by atoms with Crippen molar-refractivity contribution >= 4 is 17.7 Å². The molecule has 0 radical (unpaired) electrons. The van der Waals surface area contributed by atoms with E-state index in [4.69, 9.17) is 4.74 Å².